The highest BCUT2D eigenvalue weighted by Gasteiger charge is 2.31. The van der Waals surface area contributed by atoms with Crippen molar-refractivity contribution in [2.24, 2.45) is 0 Å². The molecule has 3 aromatic carbocycles. The van der Waals surface area contributed by atoms with Gasteiger partial charge in [0, 0.05) is 5.02 Å². The summed E-state index contributed by atoms with van der Waals surface area (Å²) in [7, 11) is 0. The summed E-state index contributed by atoms with van der Waals surface area (Å²) in [5, 5.41) is 5.17. The average molecular weight is 360 g/mol. The number of aromatic nitrogens is 3. The van der Waals surface area contributed by atoms with E-state index in [0.717, 1.165) is 27.3 Å². The Balaban J connectivity index is 1.79. The third-order valence-corrected chi connectivity index (χ3v) is 5.09. The quantitative estimate of drug-likeness (QED) is 0.487. The van der Waals surface area contributed by atoms with E-state index in [9.17, 15) is 0 Å². The summed E-state index contributed by atoms with van der Waals surface area (Å²) < 4.78 is 1.90. The topological polar surface area (TPSA) is 30.7 Å². The van der Waals surface area contributed by atoms with Crippen molar-refractivity contribution in [1.29, 1.82) is 0 Å². The summed E-state index contributed by atoms with van der Waals surface area (Å²) >= 11 is 5.99. The third kappa shape index (κ3) is 2.91. The Kier molecular flexibility index (Phi) is 4.31. The Bertz CT molecular complexity index is 978. The number of rotatable bonds is 4. The maximum Gasteiger partial charge on any atom is 0.137 e. The van der Waals surface area contributed by atoms with Gasteiger partial charge in [-0.25, -0.2) is 9.67 Å². The Morgan fingerprint density at radius 2 is 1.35 bits per heavy atom. The molecule has 4 rings (SSSR count). The zero-order valence-corrected chi connectivity index (χ0v) is 15.1. The fourth-order valence-corrected chi connectivity index (χ4v) is 3.39. The highest BCUT2D eigenvalue weighted by Crippen LogP contribution is 2.34. The minimum Gasteiger partial charge on any atom is -0.238 e. The van der Waals surface area contributed by atoms with Crippen LogP contribution in [0.5, 0.6) is 0 Å². The number of halogens is 1. The van der Waals surface area contributed by atoms with Crippen LogP contribution in [0.3, 0.4) is 0 Å². The van der Waals surface area contributed by atoms with E-state index in [4.69, 9.17) is 11.6 Å². The van der Waals surface area contributed by atoms with Crippen molar-refractivity contribution in [3.63, 3.8) is 0 Å². The van der Waals surface area contributed by atoms with Gasteiger partial charge in [-0.2, -0.15) is 5.10 Å². The lowest BCUT2D eigenvalue weighted by atomic mass is 9.84. The van der Waals surface area contributed by atoms with Gasteiger partial charge in [-0.1, -0.05) is 78.3 Å². The van der Waals surface area contributed by atoms with Crippen molar-refractivity contribution in [1.82, 2.24) is 14.8 Å². The standard InChI is InChI=1S/C22H18ClN3/c1-22(26-16-24-15-25-26,19-5-3-2-4-6-19)20-11-7-17(8-12-20)18-9-13-21(23)14-10-18/h2-16H,1H3. The van der Waals surface area contributed by atoms with E-state index in [1.54, 1.807) is 12.7 Å². The smallest absolute Gasteiger partial charge is 0.137 e. The summed E-state index contributed by atoms with van der Waals surface area (Å²) in [5.74, 6) is 0. The Hall–Kier alpha value is -2.91. The number of nitrogens with zero attached hydrogens (tertiary/aromatic N) is 3. The summed E-state index contributed by atoms with van der Waals surface area (Å²) in [5.41, 5.74) is 4.16. The molecule has 0 radical (unpaired) electrons. The number of hydrogen-bond acceptors (Lipinski definition) is 2. The molecule has 0 N–H and O–H groups in total. The SMILES string of the molecule is CC(c1ccccc1)(c1ccc(-c2ccc(Cl)cc2)cc1)n1cncn1. The predicted octanol–water partition coefficient (Wildman–Crippen LogP) is 5.41. The van der Waals surface area contributed by atoms with E-state index in [1.165, 1.54) is 0 Å². The molecule has 0 aliphatic rings. The van der Waals surface area contributed by atoms with Crippen LogP contribution in [0.2, 0.25) is 5.02 Å². The molecule has 3 nitrogen and oxygen atoms in total. The molecule has 1 heterocycles. The van der Waals surface area contributed by atoms with Crippen molar-refractivity contribution >= 4 is 11.6 Å². The van der Waals surface area contributed by atoms with Gasteiger partial charge < -0.3 is 0 Å². The lowest BCUT2D eigenvalue weighted by molar-refractivity contribution is 0.424. The summed E-state index contributed by atoms with van der Waals surface area (Å²) in [6, 6.07) is 26.8. The minimum absolute atomic E-state index is 0.434. The summed E-state index contributed by atoms with van der Waals surface area (Å²) in [4.78, 5) is 4.15. The highest BCUT2D eigenvalue weighted by molar-refractivity contribution is 6.30. The maximum atomic E-state index is 5.99. The maximum absolute atomic E-state index is 5.99. The third-order valence-electron chi connectivity index (χ3n) is 4.84. The monoisotopic (exact) mass is 359 g/mol. The molecule has 0 aliphatic heterocycles. The van der Waals surface area contributed by atoms with Crippen molar-refractivity contribution in [3.05, 3.63) is 108 Å². The Morgan fingerprint density at radius 3 is 1.92 bits per heavy atom. The van der Waals surface area contributed by atoms with E-state index in [1.807, 2.05) is 47.1 Å². The molecule has 0 saturated heterocycles. The molecule has 4 heteroatoms. The molecule has 1 aromatic heterocycles. The lowest BCUT2D eigenvalue weighted by Crippen LogP contribution is -2.33. The Labute approximate surface area is 157 Å². The van der Waals surface area contributed by atoms with Crippen LogP contribution in [0, 0.1) is 0 Å². The van der Waals surface area contributed by atoms with E-state index < -0.39 is 5.54 Å². The van der Waals surface area contributed by atoms with Gasteiger partial charge >= 0.3 is 0 Å². The van der Waals surface area contributed by atoms with Crippen LogP contribution in [-0.4, -0.2) is 14.8 Å². The minimum atomic E-state index is -0.434. The molecule has 0 saturated carbocycles. The van der Waals surface area contributed by atoms with Gasteiger partial charge in [0.05, 0.1) is 0 Å². The van der Waals surface area contributed by atoms with Crippen molar-refractivity contribution in [2.45, 2.75) is 12.5 Å². The van der Waals surface area contributed by atoms with Crippen LogP contribution < -0.4 is 0 Å². The van der Waals surface area contributed by atoms with Gasteiger partial charge in [0.2, 0.25) is 0 Å². The molecule has 0 amide bonds. The van der Waals surface area contributed by atoms with E-state index in [-0.39, 0.29) is 0 Å². The first-order valence-electron chi connectivity index (χ1n) is 8.45. The molecule has 4 aromatic rings. The van der Waals surface area contributed by atoms with Gasteiger partial charge in [-0.05, 0) is 41.3 Å². The molecule has 1 unspecified atom stereocenters. The van der Waals surface area contributed by atoms with Gasteiger partial charge in [-0.3, -0.25) is 0 Å². The molecule has 0 spiro atoms. The molecule has 0 bridgehead atoms. The van der Waals surface area contributed by atoms with Crippen LogP contribution in [-0.2, 0) is 5.54 Å². The zero-order chi connectivity index (χ0) is 18.0. The van der Waals surface area contributed by atoms with E-state index in [0.29, 0.717) is 0 Å². The molecule has 1 atom stereocenters. The molecule has 26 heavy (non-hydrogen) atoms. The van der Waals surface area contributed by atoms with Crippen molar-refractivity contribution in [2.75, 3.05) is 0 Å². The van der Waals surface area contributed by atoms with Crippen LogP contribution in [0.1, 0.15) is 18.1 Å². The average Bonchev–Trinajstić information content (AvgIpc) is 3.24. The second kappa shape index (κ2) is 6.77. The van der Waals surface area contributed by atoms with Gasteiger partial charge in [0.1, 0.15) is 18.2 Å². The zero-order valence-electron chi connectivity index (χ0n) is 14.4. The first-order chi connectivity index (χ1) is 12.7. The van der Waals surface area contributed by atoms with E-state index >= 15 is 0 Å². The van der Waals surface area contributed by atoms with Crippen LogP contribution in [0.15, 0.2) is 91.5 Å². The van der Waals surface area contributed by atoms with Crippen LogP contribution in [0.25, 0.3) is 11.1 Å². The lowest BCUT2D eigenvalue weighted by Gasteiger charge is -2.31. The molecular weight excluding hydrogens is 342 g/mol. The fraction of sp³-hybridized carbons (Fsp3) is 0.0909. The number of benzene rings is 3. The van der Waals surface area contributed by atoms with Crippen molar-refractivity contribution < 1.29 is 0 Å². The first-order valence-corrected chi connectivity index (χ1v) is 8.83. The molecular formula is C22H18ClN3. The number of hydrogen-bond donors (Lipinski definition) is 0. The fourth-order valence-electron chi connectivity index (χ4n) is 3.26. The highest BCUT2D eigenvalue weighted by atomic mass is 35.5. The molecule has 0 fully saturated rings. The largest absolute Gasteiger partial charge is 0.238 e. The Morgan fingerprint density at radius 1 is 0.769 bits per heavy atom. The van der Waals surface area contributed by atoms with Crippen LogP contribution >= 0.6 is 11.6 Å². The molecule has 128 valence electrons. The normalized spacial score (nSPS) is 13.3. The first kappa shape index (κ1) is 16.6. The second-order valence-electron chi connectivity index (χ2n) is 6.36. The van der Waals surface area contributed by atoms with Gasteiger partial charge in [0.25, 0.3) is 0 Å². The van der Waals surface area contributed by atoms with Crippen LogP contribution in [0.4, 0.5) is 0 Å². The van der Waals surface area contributed by atoms with E-state index in [2.05, 4.69) is 53.4 Å². The predicted molar refractivity (Wildman–Crippen MR) is 105 cm³/mol. The second-order valence-corrected chi connectivity index (χ2v) is 6.80. The van der Waals surface area contributed by atoms with Crippen molar-refractivity contribution in [3.8, 4) is 11.1 Å². The van der Waals surface area contributed by atoms with Gasteiger partial charge in [0.15, 0.2) is 0 Å². The summed E-state index contributed by atoms with van der Waals surface area (Å²) in [6.07, 6.45) is 3.34. The summed E-state index contributed by atoms with van der Waals surface area (Å²) in [6.45, 7) is 2.16. The van der Waals surface area contributed by atoms with Gasteiger partial charge in [-0.15, -0.1) is 0 Å². The molecule has 0 aliphatic carbocycles.